The van der Waals surface area contributed by atoms with Crippen molar-refractivity contribution in [2.75, 3.05) is 0 Å². The number of aromatic hydroxyl groups is 2. The monoisotopic (exact) mass is 254 g/mol. The molecule has 0 bridgehead atoms. The molecule has 0 spiro atoms. The van der Waals surface area contributed by atoms with Gasteiger partial charge in [0, 0.05) is 11.6 Å². The van der Waals surface area contributed by atoms with Gasteiger partial charge in [0.15, 0.2) is 0 Å². The zero-order valence-electron chi connectivity index (χ0n) is 10.5. The lowest BCUT2D eigenvalue weighted by Crippen LogP contribution is -2.17. The van der Waals surface area contributed by atoms with Crippen molar-refractivity contribution >= 4 is 11.6 Å². The molecule has 0 fully saturated rings. The van der Waals surface area contributed by atoms with Crippen molar-refractivity contribution in [1.82, 2.24) is 0 Å². The molecule has 96 valence electrons. The van der Waals surface area contributed by atoms with E-state index in [4.69, 9.17) is 4.74 Å². The Kier molecular flexibility index (Phi) is 2.67. The number of phenols is 2. The van der Waals surface area contributed by atoms with E-state index in [1.54, 1.807) is 24.3 Å². The van der Waals surface area contributed by atoms with Gasteiger partial charge in [-0.25, -0.2) is 0 Å². The molecule has 3 rings (SSSR count). The quantitative estimate of drug-likeness (QED) is 0.819. The molecule has 0 amide bonds. The molecule has 3 heteroatoms. The summed E-state index contributed by atoms with van der Waals surface area (Å²) in [6.07, 6.45) is 1.95. The second-order valence-corrected chi connectivity index (χ2v) is 4.63. The molecule has 0 aliphatic carbocycles. The zero-order chi connectivity index (χ0) is 13.4. The summed E-state index contributed by atoms with van der Waals surface area (Å²) in [6.45, 7) is 1.96. The van der Waals surface area contributed by atoms with Crippen LogP contribution in [0.4, 0.5) is 0 Å². The fourth-order valence-electron chi connectivity index (χ4n) is 2.26. The minimum absolute atomic E-state index is 0.0983. The van der Waals surface area contributed by atoms with Crippen molar-refractivity contribution in [1.29, 1.82) is 0 Å². The average molecular weight is 254 g/mol. The first-order valence-electron chi connectivity index (χ1n) is 6.14. The highest BCUT2D eigenvalue weighted by Crippen LogP contribution is 2.36. The van der Waals surface area contributed by atoms with E-state index in [0.717, 1.165) is 16.7 Å². The third-order valence-electron chi connectivity index (χ3n) is 3.25. The third-order valence-corrected chi connectivity index (χ3v) is 3.25. The average Bonchev–Trinajstić information content (AvgIpc) is 2.39. The van der Waals surface area contributed by atoms with Crippen LogP contribution in [0.25, 0.3) is 11.6 Å². The molecule has 1 unspecified atom stereocenters. The van der Waals surface area contributed by atoms with Gasteiger partial charge in [0.25, 0.3) is 0 Å². The number of hydrogen-bond acceptors (Lipinski definition) is 3. The molecule has 3 nitrogen and oxygen atoms in total. The van der Waals surface area contributed by atoms with Crippen LogP contribution in [0.1, 0.15) is 18.1 Å². The smallest absolute Gasteiger partial charge is 0.131 e. The number of phenolic OH excluding ortho intramolecular Hbond substituents is 2. The van der Waals surface area contributed by atoms with Gasteiger partial charge >= 0.3 is 0 Å². The van der Waals surface area contributed by atoms with Gasteiger partial charge in [0.1, 0.15) is 23.4 Å². The largest absolute Gasteiger partial charge is 0.508 e. The molecule has 2 aromatic rings. The summed E-state index contributed by atoms with van der Waals surface area (Å²) in [5.74, 6) is 1.14. The summed E-state index contributed by atoms with van der Waals surface area (Å²) in [6, 6.07) is 12.2. The Morgan fingerprint density at radius 1 is 0.947 bits per heavy atom. The third kappa shape index (κ3) is 2.15. The Hall–Kier alpha value is -2.42. The van der Waals surface area contributed by atoms with Gasteiger partial charge < -0.3 is 14.9 Å². The molecule has 1 heterocycles. The van der Waals surface area contributed by atoms with E-state index in [1.807, 2.05) is 25.1 Å². The Morgan fingerprint density at radius 2 is 1.63 bits per heavy atom. The standard InChI is InChI=1S/C16H14O3/c1-10-15(11-2-5-13(17)6-3-11)8-12-4-7-14(18)9-16(12)19-10/h2-10,17-18H,1H3. The van der Waals surface area contributed by atoms with Crippen LogP contribution < -0.4 is 4.74 Å². The van der Waals surface area contributed by atoms with E-state index in [0.29, 0.717) is 5.75 Å². The van der Waals surface area contributed by atoms with Crippen LogP contribution in [-0.2, 0) is 0 Å². The number of hydrogen-bond donors (Lipinski definition) is 2. The minimum atomic E-state index is -0.0983. The molecule has 0 saturated heterocycles. The van der Waals surface area contributed by atoms with Crippen LogP contribution in [0.2, 0.25) is 0 Å². The van der Waals surface area contributed by atoms with Gasteiger partial charge in [0.2, 0.25) is 0 Å². The summed E-state index contributed by atoms with van der Waals surface area (Å²) in [5, 5.41) is 18.8. The van der Waals surface area contributed by atoms with Crippen LogP contribution >= 0.6 is 0 Å². The van der Waals surface area contributed by atoms with Gasteiger partial charge in [0.05, 0.1) is 0 Å². The van der Waals surface area contributed by atoms with Gasteiger partial charge in [-0.3, -0.25) is 0 Å². The summed E-state index contributed by atoms with van der Waals surface area (Å²) >= 11 is 0. The van der Waals surface area contributed by atoms with Crippen molar-refractivity contribution in [2.45, 2.75) is 13.0 Å². The number of fused-ring (bicyclic) bond motifs is 1. The molecule has 2 aromatic carbocycles. The molecule has 0 aromatic heterocycles. The molecule has 19 heavy (non-hydrogen) atoms. The summed E-state index contributed by atoms with van der Waals surface area (Å²) in [4.78, 5) is 0. The van der Waals surface area contributed by atoms with Crippen molar-refractivity contribution < 1.29 is 14.9 Å². The maximum Gasteiger partial charge on any atom is 0.131 e. The molecule has 1 atom stereocenters. The Bertz CT molecular complexity index is 642. The van der Waals surface area contributed by atoms with E-state index < -0.39 is 0 Å². The topological polar surface area (TPSA) is 49.7 Å². The van der Waals surface area contributed by atoms with Crippen molar-refractivity contribution in [2.24, 2.45) is 0 Å². The lowest BCUT2D eigenvalue weighted by atomic mass is 9.96. The number of rotatable bonds is 1. The fraction of sp³-hybridized carbons (Fsp3) is 0.125. The zero-order valence-corrected chi connectivity index (χ0v) is 10.5. The predicted octanol–water partition coefficient (Wildman–Crippen LogP) is 3.42. The first-order valence-corrected chi connectivity index (χ1v) is 6.14. The van der Waals surface area contributed by atoms with Crippen LogP contribution in [0, 0.1) is 0 Å². The van der Waals surface area contributed by atoms with Crippen LogP contribution in [0.5, 0.6) is 17.2 Å². The van der Waals surface area contributed by atoms with Gasteiger partial charge in [-0.2, -0.15) is 0 Å². The number of benzene rings is 2. The van der Waals surface area contributed by atoms with Crippen molar-refractivity contribution in [3.05, 3.63) is 53.6 Å². The molecule has 1 aliphatic rings. The highest BCUT2D eigenvalue weighted by Gasteiger charge is 2.20. The summed E-state index contributed by atoms with van der Waals surface area (Å²) < 4.78 is 5.82. The Balaban J connectivity index is 2.06. The SMILES string of the molecule is CC1Oc2cc(O)ccc2C=C1c1ccc(O)cc1. The summed E-state index contributed by atoms with van der Waals surface area (Å²) in [5.41, 5.74) is 3.01. The minimum Gasteiger partial charge on any atom is -0.508 e. The van der Waals surface area contributed by atoms with E-state index in [-0.39, 0.29) is 17.6 Å². The van der Waals surface area contributed by atoms with Gasteiger partial charge in [-0.15, -0.1) is 0 Å². The van der Waals surface area contributed by atoms with Crippen LogP contribution in [0.3, 0.4) is 0 Å². The second-order valence-electron chi connectivity index (χ2n) is 4.63. The number of ether oxygens (including phenoxy) is 1. The van der Waals surface area contributed by atoms with Crippen molar-refractivity contribution in [3.8, 4) is 17.2 Å². The molecule has 0 radical (unpaired) electrons. The van der Waals surface area contributed by atoms with Gasteiger partial charge in [-0.05, 0) is 48.4 Å². The summed E-state index contributed by atoms with van der Waals surface area (Å²) in [7, 11) is 0. The van der Waals surface area contributed by atoms with Crippen LogP contribution in [-0.4, -0.2) is 16.3 Å². The second kappa shape index (κ2) is 4.35. The van der Waals surface area contributed by atoms with Crippen LogP contribution in [0.15, 0.2) is 42.5 Å². The molecule has 0 saturated carbocycles. The normalized spacial score (nSPS) is 17.3. The van der Waals surface area contributed by atoms with E-state index in [2.05, 4.69) is 6.08 Å². The Morgan fingerprint density at radius 3 is 2.37 bits per heavy atom. The van der Waals surface area contributed by atoms with Gasteiger partial charge in [-0.1, -0.05) is 12.1 Å². The molecular weight excluding hydrogens is 240 g/mol. The van der Waals surface area contributed by atoms with Crippen molar-refractivity contribution in [3.63, 3.8) is 0 Å². The maximum atomic E-state index is 9.46. The maximum absolute atomic E-state index is 9.46. The molecular formula is C16H14O3. The highest BCUT2D eigenvalue weighted by molar-refractivity contribution is 5.87. The lowest BCUT2D eigenvalue weighted by molar-refractivity contribution is 0.273. The first kappa shape index (κ1) is 11.7. The predicted molar refractivity (Wildman–Crippen MR) is 74.2 cm³/mol. The fourth-order valence-corrected chi connectivity index (χ4v) is 2.26. The lowest BCUT2D eigenvalue weighted by Gasteiger charge is -2.25. The first-order chi connectivity index (χ1) is 9.13. The highest BCUT2D eigenvalue weighted by atomic mass is 16.5. The molecule has 1 aliphatic heterocycles. The molecule has 2 N–H and O–H groups in total. The van der Waals surface area contributed by atoms with E-state index >= 15 is 0 Å². The Labute approximate surface area is 111 Å². The van der Waals surface area contributed by atoms with E-state index in [1.165, 1.54) is 0 Å². The van der Waals surface area contributed by atoms with E-state index in [9.17, 15) is 10.2 Å².